The molecule has 1 aliphatic carbocycles. The first-order valence-electron chi connectivity index (χ1n) is 11.3. The number of H-pyrrole nitrogens is 1. The van der Waals surface area contributed by atoms with Gasteiger partial charge in [-0.3, -0.25) is 19.2 Å². The summed E-state index contributed by atoms with van der Waals surface area (Å²) in [5.74, 6) is 0. The number of hydrogen-bond donors (Lipinski definition) is 1. The van der Waals surface area contributed by atoms with Crippen LogP contribution in [0.25, 0.3) is 0 Å². The number of ether oxygens (including phenoxy) is 1. The lowest BCUT2D eigenvalue weighted by Gasteiger charge is -2.36. The Hall–Kier alpha value is -2.49. The first-order chi connectivity index (χ1) is 15.4. The number of nitrogens with one attached hydrogen (secondary N) is 1. The van der Waals surface area contributed by atoms with Crippen molar-refractivity contribution in [3.05, 3.63) is 68.5 Å². The molecule has 0 spiro atoms. The molecule has 1 saturated carbocycles. The maximum absolute atomic E-state index is 12.5. The van der Waals surface area contributed by atoms with Crippen molar-refractivity contribution in [3.63, 3.8) is 0 Å². The van der Waals surface area contributed by atoms with E-state index in [1.807, 2.05) is 30.3 Å². The molecule has 0 bridgehead atoms. The van der Waals surface area contributed by atoms with Crippen LogP contribution in [0.3, 0.4) is 0 Å². The van der Waals surface area contributed by atoms with Crippen molar-refractivity contribution in [1.82, 2.24) is 9.55 Å². The molecule has 2 fully saturated rings. The van der Waals surface area contributed by atoms with Crippen LogP contribution in [-0.4, -0.2) is 47.1 Å². The lowest BCUT2D eigenvalue weighted by molar-refractivity contribution is -0.822. The van der Waals surface area contributed by atoms with E-state index in [9.17, 15) is 9.59 Å². The zero-order valence-electron chi connectivity index (χ0n) is 20.3. The van der Waals surface area contributed by atoms with Crippen molar-refractivity contribution in [2.45, 2.75) is 82.8 Å². The Balaban J connectivity index is 1.60. The normalized spacial score (nSPS) is 26.7. The molecule has 2 aromatic rings. The number of hydrogen-bond acceptors (Lipinski definition) is 5. The Morgan fingerprint density at radius 2 is 1.94 bits per heavy atom. The van der Waals surface area contributed by atoms with Crippen LogP contribution in [0.1, 0.15) is 44.5 Å². The lowest BCUT2D eigenvalue weighted by atomic mass is 10.1. The van der Waals surface area contributed by atoms with Gasteiger partial charge in [0, 0.05) is 11.8 Å². The van der Waals surface area contributed by atoms with Gasteiger partial charge in [-0.15, -0.1) is 0 Å². The van der Waals surface area contributed by atoms with Gasteiger partial charge in [0.1, 0.15) is 6.23 Å². The number of hydroxylamine groups is 1. The van der Waals surface area contributed by atoms with Crippen LogP contribution in [0.4, 0.5) is 0 Å². The van der Waals surface area contributed by atoms with Crippen LogP contribution in [-0.2, 0) is 20.6 Å². The monoisotopic (exact) mass is 472 g/mol. The molecule has 178 valence electrons. The number of benzene rings is 1. The highest BCUT2D eigenvalue weighted by atomic mass is 28.4. The topological polar surface area (TPSA) is 85.6 Å². The molecular formula is C24H34N3O5Si+. The maximum atomic E-state index is 12.5. The summed E-state index contributed by atoms with van der Waals surface area (Å²) in [6, 6.07) is 9.89. The Morgan fingerprint density at radius 3 is 2.58 bits per heavy atom. The fourth-order valence-electron chi connectivity index (χ4n) is 4.13. The summed E-state index contributed by atoms with van der Waals surface area (Å²) in [5, 5.41) is 0.0361. The molecule has 1 aromatic heterocycles. The maximum Gasteiger partial charge on any atom is 0.330 e. The number of rotatable bonds is 7. The van der Waals surface area contributed by atoms with E-state index >= 15 is 0 Å². The van der Waals surface area contributed by atoms with Gasteiger partial charge in [0.25, 0.3) is 11.1 Å². The Bertz CT molecular complexity index is 1170. The molecule has 1 unspecified atom stereocenters. The predicted octanol–water partition coefficient (Wildman–Crippen LogP) is 3.12. The molecule has 4 rings (SSSR count). The van der Waals surface area contributed by atoms with E-state index in [-0.39, 0.29) is 17.2 Å². The lowest BCUT2D eigenvalue weighted by Crippen LogP contribution is -2.45. The van der Waals surface area contributed by atoms with Crippen molar-refractivity contribution in [3.8, 4) is 0 Å². The molecular weight excluding hydrogens is 438 g/mol. The van der Waals surface area contributed by atoms with Gasteiger partial charge >= 0.3 is 5.69 Å². The summed E-state index contributed by atoms with van der Waals surface area (Å²) < 4.78 is 16.1. The average Bonchev–Trinajstić information content (AvgIpc) is 3.13. The SMILES string of the molecule is C=[N+](OCc1ccccc1)[C@@]12C[C@H](n3cc(C)c(=O)[nH]c3=O)O[C@@H]1C2O[Si](C)(C)C(C)(C)C. The molecule has 1 saturated heterocycles. The summed E-state index contributed by atoms with van der Waals surface area (Å²) in [7, 11) is -2.09. The van der Waals surface area contributed by atoms with Crippen LogP contribution < -0.4 is 11.2 Å². The van der Waals surface area contributed by atoms with Gasteiger partial charge < -0.3 is 9.16 Å². The van der Waals surface area contributed by atoms with Gasteiger partial charge in [0.2, 0.25) is 0 Å². The van der Waals surface area contributed by atoms with Crippen LogP contribution in [0.5, 0.6) is 0 Å². The number of fused-ring (bicyclic) bond motifs is 1. The highest BCUT2D eigenvalue weighted by molar-refractivity contribution is 6.74. The Kier molecular flexibility index (Phi) is 5.79. The van der Waals surface area contributed by atoms with Crippen molar-refractivity contribution in [2.75, 3.05) is 0 Å². The molecule has 1 aliphatic heterocycles. The number of aryl methyl sites for hydroxylation is 1. The zero-order chi connectivity index (χ0) is 24.2. The molecule has 1 N–H and O–H groups in total. The fraction of sp³-hybridized carbons (Fsp3) is 0.542. The predicted molar refractivity (Wildman–Crippen MR) is 128 cm³/mol. The van der Waals surface area contributed by atoms with Crippen LogP contribution in [0.15, 0.2) is 46.1 Å². The largest absolute Gasteiger partial charge is 0.404 e. The van der Waals surface area contributed by atoms with Crippen LogP contribution in [0, 0.1) is 6.92 Å². The fourth-order valence-corrected chi connectivity index (χ4v) is 5.45. The van der Waals surface area contributed by atoms with E-state index in [4.69, 9.17) is 14.0 Å². The average molecular weight is 473 g/mol. The van der Waals surface area contributed by atoms with E-state index in [1.54, 1.807) is 17.9 Å². The summed E-state index contributed by atoms with van der Waals surface area (Å²) in [4.78, 5) is 32.7. The summed E-state index contributed by atoms with van der Waals surface area (Å²) in [6.07, 6.45) is 0.973. The van der Waals surface area contributed by atoms with E-state index in [1.165, 1.54) is 4.57 Å². The summed E-state index contributed by atoms with van der Waals surface area (Å²) in [6.45, 7) is 17.2. The van der Waals surface area contributed by atoms with Crippen molar-refractivity contribution in [2.24, 2.45) is 0 Å². The van der Waals surface area contributed by atoms with Crippen molar-refractivity contribution >= 4 is 15.0 Å². The molecule has 4 atom stereocenters. The van der Waals surface area contributed by atoms with Crippen molar-refractivity contribution < 1.29 is 18.7 Å². The minimum absolute atomic E-state index is 0.0361. The summed E-state index contributed by atoms with van der Waals surface area (Å²) >= 11 is 0. The standard InChI is InChI=1S/C24H33N3O5Si/c1-16-14-27(22(29)25-21(16)28)18-13-24(26(5)30-15-17-11-9-8-10-12-17)19(31-18)20(24)32-33(6,7)23(2,3)4/h8-12,14,18-20H,5,13,15H2,1-4,6-7H3/p+1/t18-,19-,20?,24+/m1/s1. The third-order valence-electron chi connectivity index (χ3n) is 7.33. The van der Waals surface area contributed by atoms with Crippen LogP contribution in [0.2, 0.25) is 18.1 Å². The molecule has 2 heterocycles. The summed E-state index contributed by atoms with van der Waals surface area (Å²) in [5.41, 5.74) is -0.00966. The highest BCUT2D eigenvalue weighted by Gasteiger charge is 2.83. The molecule has 1 aromatic carbocycles. The van der Waals surface area contributed by atoms with Crippen LogP contribution >= 0.6 is 0 Å². The molecule has 9 heteroatoms. The number of nitrogens with zero attached hydrogens (tertiary/aromatic N) is 2. The minimum atomic E-state index is -2.09. The second-order valence-corrected chi connectivity index (χ2v) is 15.4. The zero-order valence-corrected chi connectivity index (χ0v) is 21.3. The van der Waals surface area contributed by atoms with Gasteiger partial charge in [-0.1, -0.05) is 51.1 Å². The third-order valence-corrected chi connectivity index (χ3v) is 11.8. The van der Waals surface area contributed by atoms with Gasteiger partial charge in [-0.25, -0.2) is 4.79 Å². The highest BCUT2D eigenvalue weighted by Crippen LogP contribution is 2.59. The molecule has 0 radical (unpaired) electrons. The van der Waals surface area contributed by atoms with Crippen molar-refractivity contribution in [1.29, 1.82) is 0 Å². The third kappa shape index (κ3) is 4.13. The van der Waals surface area contributed by atoms with Gasteiger partial charge in [-0.2, -0.15) is 0 Å². The van der Waals surface area contributed by atoms with E-state index in [0.717, 1.165) is 5.56 Å². The molecule has 0 amide bonds. The second-order valence-electron chi connectivity index (χ2n) is 10.6. The minimum Gasteiger partial charge on any atom is -0.404 e. The Labute approximate surface area is 194 Å². The van der Waals surface area contributed by atoms with E-state index in [0.29, 0.717) is 18.6 Å². The van der Waals surface area contributed by atoms with E-state index < -0.39 is 31.3 Å². The molecule has 2 aliphatic rings. The first-order valence-corrected chi connectivity index (χ1v) is 14.2. The number of aromatic amines is 1. The number of aromatic nitrogens is 2. The quantitative estimate of drug-likeness (QED) is 0.290. The molecule has 33 heavy (non-hydrogen) atoms. The van der Waals surface area contributed by atoms with Gasteiger partial charge in [0.15, 0.2) is 33.8 Å². The first kappa shape index (κ1) is 23.7. The van der Waals surface area contributed by atoms with Gasteiger partial charge in [-0.05, 0) is 35.4 Å². The van der Waals surface area contributed by atoms with Gasteiger partial charge in [0.05, 0.1) is 6.42 Å². The second kappa shape index (κ2) is 8.07. The Morgan fingerprint density at radius 1 is 1.27 bits per heavy atom. The van der Waals surface area contributed by atoms with E-state index in [2.05, 4.69) is 45.6 Å². The molecule has 8 nitrogen and oxygen atoms in total. The smallest absolute Gasteiger partial charge is 0.330 e.